The molecule has 0 aromatic heterocycles. The molecule has 0 aliphatic rings. The van der Waals surface area contributed by atoms with Gasteiger partial charge in [0.2, 0.25) is 0 Å². The van der Waals surface area contributed by atoms with Crippen molar-refractivity contribution < 1.29 is 17.9 Å². The van der Waals surface area contributed by atoms with Gasteiger partial charge in [0, 0.05) is 12.2 Å². The van der Waals surface area contributed by atoms with Crippen molar-refractivity contribution in [2.24, 2.45) is 0 Å². The quantitative estimate of drug-likeness (QED) is 0.779. The fraction of sp³-hybridized carbons (Fsp3) is 0.500. The maximum absolute atomic E-state index is 11.7. The summed E-state index contributed by atoms with van der Waals surface area (Å²) < 4.78 is 39.7. The van der Waals surface area contributed by atoms with Crippen LogP contribution >= 0.6 is 0 Å². The molecule has 5 heteroatoms. The summed E-state index contributed by atoms with van der Waals surface area (Å²) in [5.74, 6) is 0. The number of alkyl halides is 3. The smallest absolute Gasteiger partial charge is 0.383 e. The molecule has 0 amide bonds. The zero-order chi connectivity index (χ0) is 12.7. The standard InChI is InChI=1S/C12H16F3NO/c1-2-10-3-5-11(6-4-10)16-7-8-17-9-12(13,14)15/h3-6,16H,2,7-9H2,1H3. The average Bonchev–Trinajstić information content (AvgIpc) is 2.28. The summed E-state index contributed by atoms with van der Waals surface area (Å²) in [6.07, 6.45) is -3.28. The SMILES string of the molecule is CCc1ccc(NCCOCC(F)(F)F)cc1. The molecular formula is C12H16F3NO. The van der Waals surface area contributed by atoms with Crippen LogP contribution in [0.5, 0.6) is 0 Å². The molecule has 0 saturated heterocycles. The van der Waals surface area contributed by atoms with Crippen molar-refractivity contribution in [1.29, 1.82) is 0 Å². The highest BCUT2D eigenvalue weighted by molar-refractivity contribution is 5.44. The van der Waals surface area contributed by atoms with E-state index >= 15 is 0 Å². The van der Waals surface area contributed by atoms with Crippen LogP contribution in [0.2, 0.25) is 0 Å². The summed E-state index contributed by atoms with van der Waals surface area (Å²) in [5.41, 5.74) is 2.11. The fourth-order valence-corrected chi connectivity index (χ4v) is 1.31. The second kappa shape index (κ2) is 6.49. The predicted molar refractivity (Wildman–Crippen MR) is 61.2 cm³/mol. The van der Waals surface area contributed by atoms with Crippen LogP contribution in [0.25, 0.3) is 0 Å². The summed E-state index contributed by atoms with van der Waals surface area (Å²) in [5, 5.41) is 2.99. The first kappa shape index (κ1) is 13.8. The highest BCUT2D eigenvalue weighted by Crippen LogP contribution is 2.14. The Kier molecular flexibility index (Phi) is 5.28. The van der Waals surface area contributed by atoms with Crippen LogP contribution in [-0.4, -0.2) is 25.9 Å². The van der Waals surface area contributed by atoms with E-state index < -0.39 is 12.8 Å². The zero-order valence-electron chi connectivity index (χ0n) is 9.68. The second-order valence-electron chi connectivity index (χ2n) is 3.65. The van der Waals surface area contributed by atoms with Gasteiger partial charge >= 0.3 is 6.18 Å². The van der Waals surface area contributed by atoms with E-state index in [1.165, 1.54) is 5.56 Å². The second-order valence-corrected chi connectivity index (χ2v) is 3.65. The molecule has 0 radical (unpaired) electrons. The summed E-state index contributed by atoms with van der Waals surface area (Å²) in [6.45, 7) is 1.27. The first-order valence-corrected chi connectivity index (χ1v) is 5.48. The van der Waals surface area contributed by atoms with Gasteiger partial charge in [0.25, 0.3) is 0 Å². The van der Waals surface area contributed by atoms with Gasteiger partial charge < -0.3 is 10.1 Å². The van der Waals surface area contributed by atoms with Crippen LogP contribution in [0, 0.1) is 0 Å². The van der Waals surface area contributed by atoms with Crippen molar-refractivity contribution in [3.63, 3.8) is 0 Å². The minimum atomic E-state index is -4.25. The van der Waals surface area contributed by atoms with Gasteiger partial charge in [0.15, 0.2) is 0 Å². The summed E-state index contributed by atoms with van der Waals surface area (Å²) >= 11 is 0. The van der Waals surface area contributed by atoms with Gasteiger partial charge in [-0.2, -0.15) is 13.2 Å². The largest absolute Gasteiger partial charge is 0.411 e. The van der Waals surface area contributed by atoms with E-state index in [-0.39, 0.29) is 6.61 Å². The average molecular weight is 247 g/mol. The minimum Gasteiger partial charge on any atom is -0.383 e. The number of hydrogen-bond donors (Lipinski definition) is 1. The molecule has 0 aliphatic carbocycles. The third-order valence-electron chi connectivity index (χ3n) is 2.20. The Morgan fingerprint density at radius 1 is 1.18 bits per heavy atom. The number of rotatable bonds is 6. The first-order chi connectivity index (χ1) is 8.01. The number of nitrogens with one attached hydrogen (secondary N) is 1. The van der Waals surface area contributed by atoms with Gasteiger partial charge in [-0.1, -0.05) is 19.1 Å². The monoisotopic (exact) mass is 247 g/mol. The molecule has 0 unspecified atom stereocenters. The van der Waals surface area contributed by atoms with Crippen molar-refractivity contribution in [2.75, 3.05) is 25.1 Å². The third-order valence-corrected chi connectivity index (χ3v) is 2.20. The predicted octanol–water partition coefficient (Wildman–Crippen LogP) is 3.24. The topological polar surface area (TPSA) is 21.3 Å². The highest BCUT2D eigenvalue weighted by Gasteiger charge is 2.27. The van der Waals surface area contributed by atoms with Gasteiger partial charge in [0.1, 0.15) is 6.61 Å². The molecule has 0 bridgehead atoms. The van der Waals surface area contributed by atoms with Crippen LogP contribution in [0.3, 0.4) is 0 Å². The van der Waals surface area contributed by atoms with E-state index in [0.29, 0.717) is 6.54 Å². The molecular weight excluding hydrogens is 231 g/mol. The molecule has 1 rings (SSSR count). The van der Waals surface area contributed by atoms with Crippen LogP contribution < -0.4 is 5.32 Å². The Labute approximate surface area is 98.8 Å². The first-order valence-electron chi connectivity index (χ1n) is 5.48. The molecule has 1 aromatic rings. The van der Waals surface area contributed by atoms with Crippen LogP contribution in [0.1, 0.15) is 12.5 Å². The van der Waals surface area contributed by atoms with Crippen LogP contribution in [0.4, 0.5) is 18.9 Å². The van der Waals surface area contributed by atoms with Gasteiger partial charge in [-0.25, -0.2) is 0 Å². The van der Waals surface area contributed by atoms with E-state index in [1.807, 2.05) is 24.3 Å². The van der Waals surface area contributed by atoms with Crippen molar-refractivity contribution in [3.8, 4) is 0 Å². The van der Waals surface area contributed by atoms with Gasteiger partial charge in [-0.3, -0.25) is 0 Å². The Balaban J connectivity index is 2.18. The molecule has 2 nitrogen and oxygen atoms in total. The lowest BCUT2D eigenvalue weighted by Crippen LogP contribution is -2.20. The molecule has 96 valence electrons. The summed E-state index contributed by atoms with van der Waals surface area (Å²) in [7, 11) is 0. The number of ether oxygens (including phenoxy) is 1. The molecule has 0 aliphatic heterocycles. The number of aryl methyl sites for hydroxylation is 1. The van der Waals surface area contributed by atoms with E-state index in [1.54, 1.807) is 0 Å². The van der Waals surface area contributed by atoms with E-state index in [9.17, 15) is 13.2 Å². The van der Waals surface area contributed by atoms with Gasteiger partial charge in [-0.05, 0) is 24.1 Å². The molecule has 0 saturated carbocycles. The number of benzene rings is 1. The lowest BCUT2D eigenvalue weighted by molar-refractivity contribution is -0.172. The number of anilines is 1. The molecule has 0 fully saturated rings. The van der Waals surface area contributed by atoms with Gasteiger partial charge in [-0.15, -0.1) is 0 Å². The van der Waals surface area contributed by atoms with E-state index in [0.717, 1.165) is 12.1 Å². The Hall–Kier alpha value is -1.23. The molecule has 1 N–H and O–H groups in total. The zero-order valence-corrected chi connectivity index (χ0v) is 9.68. The summed E-state index contributed by atoms with van der Waals surface area (Å²) in [4.78, 5) is 0. The molecule has 0 heterocycles. The Morgan fingerprint density at radius 2 is 1.82 bits per heavy atom. The highest BCUT2D eigenvalue weighted by atomic mass is 19.4. The van der Waals surface area contributed by atoms with Crippen molar-refractivity contribution in [3.05, 3.63) is 29.8 Å². The van der Waals surface area contributed by atoms with Crippen LogP contribution in [-0.2, 0) is 11.2 Å². The number of halogens is 3. The van der Waals surface area contributed by atoms with E-state index in [4.69, 9.17) is 0 Å². The molecule has 0 spiro atoms. The molecule has 0 atom stereocenters. The maximum atomic E-state index is 11.7. The van der Waals surface area contributed by atoms with Crippen molar-refractivity contribution in [1.82, 2.24) is 0 Å². The van der Waals surface area contributed by atoms with Crippen LogP contribution in [0.15, 0.2) is 24.3 Å². The van der Waals surface area contributed by atoms with Crippen molar-refractivity contribution >= 4 is 5.69 Å². The van der Waals surface area contributed by atoms with Gasteiger partial charge in [0.05, 0.1) is 6.61 Å². The minimum absolute atomic E-state index is 0.0367. The fourth-order valence-electron chi connectivity index (χ4n) is 1.31. The third kappa shape index (κ3) is 6.16. The lowest BCUT2D eigenvalue weighted by atomic mass is 10.1. The Bertz CT molecular complexity index is 322. The van der Waals surface area contributed by atoms with Crippen molar-refractivity contribution in [2.45, 2.75) is 19.5 Å². The number of hydrogen-bond acceptors (Lipinski definition) is 2. The lowest BCUT2D eigenvalue weighted by Gasteiger charge is -2.09. The molecule has 17 heavy (non-hydrogen) atoms. The molecule has 1 aromatic carbocycles. The normalized spacial score (nSPS) is 11.5. The summed E-state index contributed by atoms with van der Waals surface area (Å²) in [6, 6.07) is 7.78. The maximum Gasteiger partial charge on any atom is 0.411 e. The Morgan fingerprint density at radius 3 is 2.35 bits per heavy atom. The van der Waals surface area contributed by atoms with E-state index in [2.05, 4.69) is 17.0 Å².